The summed E-state index contributed by atoms with van der Waals surface area (Å²) in [4.78, 5) is 33.9. The predicted octanol–water partition coefficient (Wildman–Crippen LogP) is 1.18. The van der Waals surface area contributed by atoms with Crippen LogP contribution in [0.25, 0.3) is 11.3 Å². The summed E-state index contributed by atoms with van der Waals surface area (Å²) in [7, 11) is 0. The molecule has 4 N–H and O–H groups in total. The van der Waals surface area contributed by atoms with E-state index in [-0.39, 0.29) is 47.3 Å². The van der Waals surface area contributed by atoms with Crippen molar-refractivity contribution in [2.24, 2.45) is 0 Å². The van der Waals surface area contributed by atoms with Crippen LogP contribution >= 0.6 is 11.6 Å². The van der Waals surface area contributed by atoms with Gasteiger partial charge in [-0.05, 0) is 25.1 Å². The van der Waals surface area contributed by atoms with Gasteiger partial charge in [-0.15, -0.1) is 0 Å². The number of phenolic OH excluding ortho intramolecular Hbond substituents is 1. The van der Waals surface area contributed by atoms with Crippen LogP contribution in [0.2, 0.25) is 5.02 Å². The largest absolute Gasteiger partial charge is 0.508 e. The van der Waals surface area contributed by atoms with E-state index in [0.29, 0.717) is 23.4 Å². The average Bonchev–Trinajstić information content (AvgIpc) is 2.84. The first-order chi connectivity index (χ1) is 11.9. The molecule has 0 bridgehead atoms. The molecule has 1 aromatic heterocycles. The van der Waals surface area contributed by atoms with Gasteiger partial charge in [0, 0.05) is 17.7 Å². The highest BCUT2D eigenvalue weighted by Crippen LogP contribution is 2.35. The number of benzene rings is 1. The van der Waals surface area contributed by atoms with Crippen LogP contribution in [-0.4, -0.2) is 44.9 Å². The lowest BCUT2D eigenvalue weighted by Gasteiger charge is -2.14. The first-order valence-electron chi connectivity index (χ1n) is 7.62. The third-order valence-electron chi connectivity index (χ3n) is 3.78. The number of phenols is 1. The van der Waals surface area contributed by atoms with Crippen LogP contribution in [0, 0.1) is 0 Å². The third kappa shape index (κ3) is 3.20. The quantitative estimate of drug-likeness (QED) is 0.751. The SMILES string of the molecule is CCNC(=O)CN1Cc2c(nc(N)nc2-c2ccc(O)cc2Cl)C1=O. The zero-order valence-corrected chi connectivity index (χ0v) is 14.2. The van der Waals surface area contributed by atoms with Crippen LogP contribution in [0.3, 0.4) is 0 Å². The molecule has 3 rings (SSSR count). The minimum Gasteiger partial charge on any atom is -0.508 e. The molecule has 0 fully saturated rings. The van der Waals surface area contributed by atoms with Crippen molar-refractivity contribution in [1.29, 1.82) is 0 Å². The molecule has 0 saturated heterocycles. The van der Waals surface area contributed by atoms with Gasteiger partial charge in [-0.1, -0.05) is 11.6 Å². The van der Waals surface area contributed by atoms with Crippen molar-refractivity contribution >= 4 is 29.4 Å². The topological polar surface area (TPSA) is 121 Å². The van der Waals surface area contributed by atoms with E-state index >= 15 is 0 Å². The minimum atomic E-state index is -0.383. The lowest BCUT2D eigenvalue weighted by Crippen LogP contribution is -2.37. The van der Waals surface area contributed by atoms with Crippen molar-refractivity contribution in [1.82, 2.24) is 20.2 Å². The molecular formula is C16H16ClN5O3. The number of amides is 2. The van der Waals surface area contributed by atoms with Crippen molar-refractivity contribution in [2.75, 3.05) is 18.8 Å². The number of fused-ring (bicyclic) bond motifs is 1. The van der Waals surface area contributed by atoms with Gasteiger partial charge < -0.3 is 21.1 Å². The zero-order chi connectivity index (χ0) is 18.1. The average molecular weight is 362 g/mol. The van der Waals surface area contributed by atoms with E-state index in [1.807, 2.05) is 0 Å². The smallest absolute Gasteiger partial charge is 0.273 e. The summed E-state index contributed by atoms with van der Waals surface area (Å²) >= 11 is 6.19. The lowest BCUT2D eigenvalue weighted by atomic mass is 10.1. The van der Waals surface area contributed by atoms with Gasteiger partial charge in [0.1, 0.15) is 18.0 Å². The molecule has 1 aromatic carbocycles. The molecule has 8 nitrogen and oxygen atoms in total. The fourth-order valence-corrected chi connectivity index (χ4v) is 2.98. The number of likely N-dealkylation sites (N-methyl/N-ethyl adjacent to an activating group) is 1. The molecule has 2 amide bonds. The summed E-state index contributed by atoms with van der Waals surface area (Å²) in [6, 6.07) is 4.44. The molecule has 0 aliphatic carbocycles. The van der Waals surface area contributed by atoms with E-state index in [9.17, 15) is 14.7 Å². The van der Waals surface area contributed by atoms with Crippen molar-refractivity contribution in [3.8, 4) is 17.0 Å². The maximum Gasteiger partial charge on any atom is 0.273 e. The second kappa shape index (κ2) is 6.56. The summed E-state index contributed by atoms with van der Waals surface area (Å²) in [5, 5.41) is 12.4. The molecular weight excluding hydrogens is 346 g/mol. The van der Waals surface area contributed by atoms with Crippen molar-refractivity contribution in [2.45, 2.75) is 13.5 Å². The highest BCUT2D eigenvalue weighted by Gasteiger charge is 2.34. The van der Waals surface area contributed by atoms with Gasteiger partial charge in [-0.2, -0.15) is 0 Å². The Hall–Kier alpha value is -2.87. The number of hydrogen-bond donors (Lipinski definition) is 3. The Morgan fingerprint density at radius 1 is 1.40 bits per heavy atom. The maximum absolute atomic E-state index is 12.5. The molecule has 9 heteroatoms. The Balaban J connectivity index is 2.02. The molecule has 0 radical (unpaired) electrons. The molecule has 1 aliphatic heterocycles. The standard InChI is InChI=1S/C16H16ClN5O3/c1-2-19-12(24)7-22-6-10-13(9-4-3-8(23)5-11(9)17)20-16(18)21-14(10)15(22)25/h3-5,23H,2,6-7H2,1H3,(H,19,24)(H2,18,20,21). The Morgan fingerprint density at radius 2 is 2.12 bits per heavy atom. The highest BCUT2D eigenvalue weighted by molar-refractivity contribution is 6.33. The number of carbonyl (C=O) groups is 2. The number of aromatic nitrogens is 2. The maximum atomic E-state index is 12.5. The van der Waals surface area contributed by atoms with Gasteiger partial charge in [0.15, 0.2) is 0 Å². The Kier molecular flexibility index (Phi) is 4.45. The summed E-state index contributed by atoms with van der Waals surface area (Å²) in [5.74, 6) is -0.687. The molecule has 0 spiro atoms. The third-order valence-corrected chi connectivity index (χ3v) is 4.09. The van der Waals surface area contributed by atoms with Gasteiger partial charge in [0.25, 0.3) is 5.91 Å². The summed E-state index contributed by atoms with van der Waals surface area (Å²) in [6.45, 7) is 2.38. The number of nitrogens with two attached hydrogens (primary N) is 1. The van der Waals surface area contributed by atoms with Gasteiger partial charge in [-0.3, -0.25) is 9.59 Å². The number of rotatable bonds is 4. The number of aromatic hydroxyl groups is 1. The number of nitrogens with one attached hydrogen (secondary N) is 1. The number of hydrogen-bond acceptors (Lipinski definition) is 6. The second-order valence-electron chi connectivity index (χ2n) is 5.54. The minimum absolute atomic E-state index is 0.0152. The fraction of sp³-hybridized carbons (Fsp3) is 0.250. The number of carbonyl (C=O) groups excluding carboxylic acids is 2. The van der Waals surface area contributed by atoms with Crippen LogP contribution in [0.1, 0.15) is 23.0 Å². The normalized spacial score (nSPS) is 13.0. The number of nitrogen functional groups attached to an aromatic ring is 1. The molecule has 1 aliphatic rings. The first-order valence-corrected chi connectivity index (χ1v) is 7.99. The molecule has 2 heterocycles. The highest BCUT2D eigenvalue weighted by atomic mass is 35.5. The molecule has 25 heavy (non-hydrogen) atoms. The number of halogens is 1. The van der Waals surface area contributed by atoms with E-state index < -0.39 is 0 Å². The fourth-order valence-electron chi connectivity index (χ4n) is 2.71. The second-order valence-corrected chi connectivity index (χ2v) is 5.94. The van der Waals surface area contributed by atoms with Crippen LogP contribution in [0.4, 0.5) is 5.95 Å². The van der Waals surface area contributed by atoms with E-state index in [1.165, 1.54) is 17.0 Å². The van der Waals surface area contributed by atoms with Crippen LogP contribution < -0.4 is 11.1 Å². The Labute approximate surface area is 148 Å². The number of anilines is 1. The van der Waals surface area contributed by atoms with E-state index in [1.54, 1.807) is 13.0 Å². The van der Waals surface area contributed by atoms with Gasteiger partial charge in [-0.25, -0.2) is 9.97 Å². The van der Waals surface area contributed by atoms with Crippen LogP contribution in [0.15, 0.2) is 18.2 Å². The lowest BCUT2D eigenvalue weighted by molar-refractivity contribution is -0.121. The molecule has 2 aromatic rings. The molecule has 0 saturated carbocycles. The summed E-state index contributed by atoms with van der Waals surface area (Å²) < 4.78 is 0. The van der Waals surface area contributed by atoms with Crippen molar-refractivity contribution in [3.05, 3.63) is 34.5 Å². The summed E-state index contributed by atoms with van der Waals surface area (Å²) in [6.07, 6.45) is 0. The molecule has 0 atom stereocenters. The predicted molar refractivity (Wildman–Crippen MR) is 92.0 cm³/mol. The van der Waals surface area contributed by atoms with Crippen molar-refractivity contribution in [3.63, 3.8) is 0 Å². The first kappa shape index (κ1) is 17.0. The van der Waals surface area contributed by atoms with E-state index in [0.717, 1.165) is 0 Å². The van der Waals surface area contributed by atoms with Crippen molar-refractivity contribution < 1.29 is 14.7 Å². The summed E-state index contributed by atoms with van der Waals surface area (Å²) in [5.41, 5.74) is 7.40. The van der Waals surface area contributed by atoms with Crippen LogP contribution in [0.5, 0.6) is 5.75 Å². The number of nitrogens with zero attached hydrogens (tertiary/aromatic N) is 3. The Morgan fingerprint density at radius 3 is 2.80 bits per heavy atom. The zero-order valence-electron chi connectivity index (χ0n) is 13.4. The monoisotopic (exact) mass is 361 g/mol. The molecule has 0 unspecified atom stereocenters. The van der Waals surface area contributed by atoms with Gasteiger partial charge in [0.2, 0.25) is 11.9 Å². The van der Waals surface area contributed by atoms with Gasteiger partial charge >= 0.3 is 0 Å². The molecule has 130 valence electrons. The van der Waals surface area contributed by atoms with E-state index in [2.05, 4.69) is 15.3 Å². The van der Waals surface area contributed by atoms with E-state index in [4.69, 9.17) is 17.3 Å². The Bertz CT molecular complexity index is 871. The van der Waals surface area contributed by atoms with Crippen LogP contribution in [-0.2, 0) is 11.3 Å². The van der Waals surface area contributed by atoms with Gasteiger partial charge in [0.05, 0.1) is 17.3 Å².